The van der Waals surface area contributed by atoms with Crippen LogP contribution in [0.4, 0.5) is 15.9 Å². The first kappa shape index (κ1) is 27.5. The molecular weight excluding hydrogens is 561 g/mol. The molecule has 41 heavy (non-hydrogen) atoms. The van der Waals surface area contributed by atoms with Gasteiger partial charge in [0.25, 0.3) is 0 Å². The van der Waals surface area contributed by atoms with E-state index in [1.54, 1.807) is 24.3 Å². The third-order valence-corrected chi connectivity index (χ3v) is 8.23. The lowest BCUT2D eigenvalue weighted by Gasteiger charge is -2.19. The Morgan fingerprint density at radius 1 is 1.05 bits per heavy atom. The zero-order valence-electron chi connectivity index (χ0n) is 22.2. The van der Waals surface area contributed by atoms with Gasteiger partial charge in [-0.25, -0.2) is 14.4 Å². The van der Waals surface area contributed by atoms with Crippen LogP contribution in [-0.2, 0) is 13.2 Å². The number of ether oxygens (including phenoxy) is 1. The summed E-state index contributed by atoms with van der Waals surface area (Å²) < 4.78 is 21.3. The monoisotopic (exact) mass is 589 g/mol. The van der Waals surface area contributed by atoms with E-state index in [1.807, 2.05) is 40.7 Å². The number of halogens is 2. The zero-order chi connectivity index (χ0) is 28.2. The van der Waals surface area contributed by atoms with Crippen molar-refractivity contribution in [3.8, 4) is 16.9 Å². The molecular formula is C31H29ClFN5O2S. The maximum absolute atomic E-state index is 13.5. The van der Waals surface area contributed by atoms with Crippen molar-refractivity contribution in [1.82, 2.24) is 19.4 Å². The predicted molar refractivity (Wildman–Crippen MR) is 163 cm³/mol. The molecule has 210 valence electrons. The molecule has 0 bridgehead atoms. The van der Waals surface area contributed by atoms with Crippen LogP contribution in [0.1, 0.15) is 5.56 Å². The van der Waals surface area contributed by atoms with E-state index in [0.717, 1.165) is 51.5 Å². The van der Waals surface area contributed by atoms with Crippen LogP contribution >= 0.6 is 23.4 Å². The summed E-state index contributed by atoms with van der Waals surface area (Å²) in [6.07, 6.45) is 5.17. The number of thioether (sulfide) groups is 1. The van der Waals surface area contributed by atoms with Crippen molar-refractivity contribution >= 4 is 45.8 Å². The molecule has 1 saturated heterocycles. The smallest absolute Gasteiger partial charge is 0.141 e. The second kappa shape index (κ2) is 12.5. The number of aliphatic hydroxyl groups is 1. The Labute approximate surface area is 247 Å². The third-order valence-electron chi connectivity index (χ3n) is 6.91. The first-order valence-electron chi connectivity index (χ1n) is 13.3. The zero-order valence-corrected chi connectivity index (χ0v) is 23.8. The van der Waals surface area contributed by atoms with Crippen molar-refractivity contribution in [2.24, 2.45) is 0 Å². The van der Waals surface area contributed by atoms with Crippen LogP contribution in [0.2, 0.25) is 5.02 Å². The molecule has 1 aliphatic rings. The van der Waals surface area contributed by atoms with Crippen molar-refractivity contribution in [3.05, 3.63) is 102 Å². The minimum absolute atomic E-state index is 0.210. The summed E-state index contributed by atoms with van der Waals surface area (Å²) in [5.41, 5.74) is 4.35. The van der Waals surface area contributed by atoms with E-state index in [2.05, 4.69) is 38.5 Å². The van der Waals surface area contributed by atoms with E-state index < -0.39 is 6.10 Å². The van der Waals surface area contributed by atoms with Crippen LogP contribution in [0.3, 0.4) is 0 Å². The van der Waals surface area contributed by atoms with Gasteiger partial charge in [-0.1, -0.05) is 29.8 Å². The fourth-order valence-electron chi connectivity index (χ4n) is 4.88. The Morgan fingerprint density at radius 2 is 1.98 bits per heavy atom. The molecule has 7 nitrogen and oxygen atoms in total. The Hall–Kier alpha value is -3.63. The lowest BCUT2D eigenvalue weighted by Crippen LogP contribution is -2.32. The van der Waals surface area contributed by atoms with Crippen LogP contribution in [0.15, 0.2) is 85.5 Å². The Morgan fingerprint density at radius 3 is 2.80 bits per heavy atom. The van der Waals surface area contributed by atoms with Gasteiger partial charge in [0.1, 0.15) is 30.3 Å². The predicted octanol–water partition coefficient (Wildman–Crippen LogP) is 6.58. The minimum atomic E-state index is -0.417. The topological polar surface area (TPSA) is 75.4 Å². The summed E-state index contributed by atoms with van der Waals surface area (Å²) >= 11 is 8.41. The fraction of sp³-hybridized carbons (Fsp3) is 0.226. The second-order valence-corrected chi connectivity index (χ2v) is 11.5. The standard InChI is InChI=1S/C31H29ClFN5O2S/c32-28-14-25(5-7-30(28)40-18-21-2-1-3-24(33)12-21)36-31-27-13-22(4-6-29(27)34-19-35-31)23-8-9-37(15-23)16-26(39)17-38-10-11-41-20-38/h1-9,12-15,19,26,39H,10-11,16-18,20H2,(H,34,35,36). The molecule has 5 aromatic rings. The maximum Gasteiger partial charge on any atom is 0.141 e. The third kappa shape index (κ3) is 6.82. The Kier molecular flexibility index (Phi) is 8.38. The summed E-state index contributed by atoms with van der Waals surface area (Å²) in [4.78, 5) is 11.2. The molecule has 1 unspecified atom stereocenters. The fourth-order valence-corrected chi connectivity index (χ4v) is 6.12. The number of aromatic nitrogens is 3. The molecule has 6 rings (SSSR count). The lowest BCUT2D eigenvalue weighted by molar-refractivity contribution is 0.112. The highest BCUT2D eigenvalue weighted by Gasteiger charge is 2.17. The Bertz CT molecular complexity index is 1660. The number of hydrogen-bond donors (Lipinski definition) is 2. The lowest BCUT2D eigenvalue weighted by atomic mass is 10.1. The van der Waals surface area contributed by atoms with Gasteiger partial charge in [0.05, 0.1) is 16.6 Å². The molecule has 0 saturated carbocycles. The number of nitrogens with zero attached hydrogens (tertiary/aromatic N) is 4. The van der Waals surface area contributed by atoms with Gasteiger partial charge >= 0.3 is 0 Å². The van der Waals surface area contributed by atoms with Gasteiger partial charge in [-0.2, -0.15) is 0 Å². The van der Waals surface area contributed by atoms with Crippen molar-refractivity contribution < 1.29 is 14.2 Å². The maximum atomic E-state index is 13.5. The van der Waals surface area contributed by atoms with Gasteiger partial charge in [-0.05, 0) is 65.2 Å². The van der Waals surface area contributed by atoms with Crippen molar-refractivity contribution in [3.63, 3.8) is 0 Å². The van der Waals surface area contributed by atoms with E-state index in [-0.39, 0.29) is 12.4 Å². The van der Waals surface area contributed by atoms with Gasteiger partial charge < -0.3 is 19.7 Å². The first-order valence-corrected chi connectivity index (χ1v) is 14.9. The van der Waals surface area contributed by atoms with Gasteiger partial charge in [0.2, 0.25) is 0 Å². The van der Waals surface area contributed by atoms with Crippen LogP contribution in [0, 0.1) is 5.82 Å². The summed E-state index contributed by atoms with van der Waals surface area (Å²) in [6.45, 7) is 2.48. The van der Waals surface area contributed by atoms with E-state index in [4.69, 9.17) is 16.3 Å². The molecule has 2 aromatic heterocycles. The molecule has 0 aliphatic carbocycles. The van der Waals surface area contributed by atoms with Crippen molar-refractivity contribution in [1.29, 1.82) is 0 Å². The van der Waals surface area contributed by atoms with Crippen LogP contribution in [-0.4, -0.2) is 55.4 Å². The Balaban J connectivity index is 1.16. The molecule has 0 spiro atoms. The molecule has 10 heteroatoms. The summed E-state index contributed by atoms with van der Waals surface area (Å²) in [7, 11) is 0. The van der Waals surface area contributed by atoms with Gasteiger partial charge in [-0.3, -0.25) is 4.90 Å². The molecule has 3 heterocycles. The minimum Gasteiger partial charge on any atom is -0.487 e. The van der Waals surface area contributed by atoms with Crippen LogP contribution in [0.25, 0.3) is 22.0 Å². The number of rotatable bonds is 10. The molecule has 2 N–H and O–H groups in total. The highest BCUT2D eigenvalue weighted by atomic mass is 35.5. The van der Waals surface area contributed by atoms with E-state index in [1.165, 1.54) is 18.5 Å². The molecule has 1 fully saturated rings. The molecule has 0 radical (unpaired) electrons. The highest BCUT2D eigenvalue weighted by Crippen LogP contribution is 2.32. The normalized spacial score (nSPS) is 14.4. The van der Waals surface area contributed by atoms with Crippen molar-refractivity contribution in [2.45, 2.75) is 19.3 Å². The van der Waals surface area contributed by atoms with Crippen molar-refractivity contribution in [2.75, 3.05) is 30.0 Å². The quantitative estimate of drug-likeness (QED) is 0.191. The number of aliphatic hydroxyl groups excluding tert-OH is 1. The second-order valence-electron chi connectivity index (χ2n) is 10.0. The molecule has 1 aliphatic heterocycles. The van der Waals surface area contributed by atoms with Gasteiger partial charge in [-0.15, -0.1) is 11.8 Å². The van der Waals surface area contributed by atoms with E-state index >= 15 is 0 Å². The number of fused-ring (bicyclic) bond motifs is 1. The number of β-amino-alcohol motifs (C(OH)–C–C–N with tert-alkyl or cyclic N) is 1. The highest BCUT2D eigenvalue weighted by molar-refractivity contribution is 7.99. The van der Waals surface area contributed by atoms with E-state index in [9.17, 15) is 9.50 Å². The SMILES string of the molecule is OC(CN1CCSC1)Cn1ccc(-c2ccc3ncnc(Nc4ccc(OCc5cccc(F)c5)c(Cl)c4)c3c2)c1. The number of anilines is 2. The average Bonchev–Trinajstić information content (AvgIpc) is 3.65. The summed E-state index contributed by atoms with van der Waals surface area (Å²) in [5, 5.41) is 15.2. The van der Waals surface area contributed by atoms with Gasteiger partial charge in [0.15, 0.2) is 0 Å². The number of nitrogens with one attached hydrogen (secondary N) is 1. The van der Waals surface area contributed by atoms with E-state index in [0.29, 0.717) is 29.7 Å². The van der Waals surface area contributed by atoms with Crippen LogP contribution in [0.5, 0.6) is 5.75 Å². The van der Waals surface area contributed by atoms with Crippen LogP contribution < -0.4 is 10.1 Å². The molecule has 1 atom stereocenters. The largest absolute Gasteiger partial charge is 0.487 e. The number of hydrogen-bond acceptors (Lipinski definition) is 7. The molecule has 3 aromatic carbocycles. The summed E-state index contributed by atoms with van der Waals surface area (Å²) in [6, 6.07) is 19.8. The molecule has 0 amide bonds. The summed E-state index contributed by atoms with van der Waals surface area (Å²) in [5.74, 6) is 2.98. The number of benzene rings is 3. The first-order chi connectivity index (χ1) is 20.0. The van der Waals surface area contributed by atoms with Gasteiger partial charge in [0, 0.05) is 54.7 Å². The average molecular weight is 590 g/mol.